The van der Waals surface area contributed by atoms with Crippen molar-refractivity contribution in [1.82, 2.24) is 0 Å². The Hall–Kier alpha value is -0.644. The molecular formula is C38H48BrKO6S4. The second kappa shape index (κ2) is 27.9. The summed E-state index contributed by atoms with van der Waals surface area (Å²) in [4.78, 5) is 0.590. The Balaban J connectivity index is 0.000000408. The summed E-state index contributed by atoms with van der Waals surface area (Å²) in [5.41, 5.74) is 3.34. The number of unbranched alkanes of at least 4 members (excludes halogenated alkanes) is 5. The largest absolute Gasteiger partial charge is 1.00 e. The third kappa shape index (κ3) is 22.4. The predicted molar refractivity (Wildman–Crippen MR) is 211 cm³/mol. The zero-order chi connectivity index (χ0) is 35.8. The van der Waals surface area contributed by atoms with Crippen LogP contribution >= 0.6 is 26.7 Å². The third-order valence-corrected chi connectivity index (χ3v) is 12.6. The smallest absolute Gasteiger partial charge is 0.644 e. The van der Waals surface area contributed by atoms with Gasteiger partial charge in [-0.3, -0.25) is 0 Å². The molecule has 0 heterocycles. The van der Waals surface area contributed by atoms with E-state index in [1.165, 1.54) is 37.0 Å². The van der Waals surface area contributed by atoms with Gasteiger partial charge in [0.05, 0.1) is 27.0 Å². The molecule has 0 aromatic heterocycles. The topological polar surface area (TPSA) is 86.7 Å². The van der Waals surface area contributed by atoms with E-state index >= 15 is 0 Å². The van der Waals surface area contributed by atoms with E-state index in [9.17, 15) is 16.8 Å². The average Bonchev–Trinajstić information content (AvgIpc) is 3.09. The summed E-state index contributed by atoms with van der Waals surface area (Å²) < 4.78 is 57.1. The normalized spacial score (nSPS) is 10.9. The SMILES string of the molecule is BrCCCCCOCc1ccccc1.Cc1ccc(S(=O)(=O)SCCCCCCOc2ccccc2)cc1.Cc1ccc(S(=O)(=O)[S-])cc1.[K+]. The van der Waals surface area contributed by atoms with Gasteiger partial charge in [0, 0.05) is 22.6 Å². The van der Waals surface area contributed by atoms with Crippen molar-refractivity contribution in [3.05, 3.63) is 126 Å². The number of hydrogen-bond acceptors (Lipinski definition) is 8. The number of rotatable bonds is 18. The van der Waals surface area contributed by atoms with Crippen molar-refractivity contribution in [1.29, 1.82) is 0 Å². The van der Waals surface area contributed by atoms with Gasteiger partial charge in [-0.05, 0) is 92.3 Å². The molecule has 0 fully saturated rings. The Morgan fingerprint density at radius 2 is 1.12 bits per heavy atom. The van der Waals surface area contributed by atoms with Crippen LogP contribution in [0.3, 0.4) is 0 Å². The number of alkyl halides is 1. The molecule has 0 aliphatic rings. The number of aryl methyl sites for hydroxylation is 2. The molecule has 4 rings (SSSR count). The first-order valence-corrected chi connectivity index (χ1v) is 22.9. The quantitative estimate of drug-likeness (QED) is 0.0346. The molecule has 0 saturated carbocycles. The van der Waals surface area contributed by atoms with Gasteiger partial charge in [0.2, 0.25) is 8.87 Å². The van der Waals surface area contributed by atoms with Crippen LogP contribution in [0.5, 0.6) is 5.75 Å². The van der Waals surface area contributed by atoms with Crippen LogP contribution in [0.25, 0.3) is 0 Å². The fourth-order valence-electron chi connectivity index (χ4n) is 4.15. The predicted octanol–water partition coefficient (Wildman–Crippen LogP) is 7.06. The molecular weight excluding hydrogens is 800 g/mol. The summed E-state index contributed by atoms with van der Waals surface area (Å²) in [5, 5.41) is 1.10. The Morgan fingerprint density at radius 1 is 0.620 bits per heavy atom. The summed E-state index contributed by atoms with van der Waals surface area (Å²) in [5.74, 6) is 1.53. The number of ether oxygens (including phenoxy) is 2. The molecule has 0 amide bonds. The van der Waals surface area contributed by atoms with Gasteiger partial charge in [0.1, 0.15) is 5.75 Å². The van der Waals surface area contributed by atoms with Crippen molar-refractivity contribution in [2.75, 3.05) is 24.3 Å². The number of para-hydroxylation sites is 1. The second-order valence-corrected chi connectivity index (χ2v) is 18.8. The molecule has 6 nitrogen and oxygen atoms in total. The molecule has 4 aromatic carbocycles. The van der Waals surface area contributed by atoms with E-state index in [1.807, 2.05) is 74.5 Å². The molecule has 0 atom stereocenters. The molecule has 0 radical (unpaired) electrons. The van der Waals surface area contributed by atoms with Crippen LogP contribution in [0.1, 0.15) is 61.6 Å². The van der Waals surface area contributed by atoms with Crippen molar-refractivity contribution in [3.63, 3.8) is 0 Å². The zero-order valence-electron chi connectivity index (χ0n) is 29.3. The van der Waals surface area contributed by atoms with E-state index in [-0.39, 0.29) is 56.3 Å². The zero-order valence-corrected chi connectivity index (χ0v) is 37.3. The Bertz CT molecular complexity index is 1640. The van der Waals surface area contributed by atoms with E-state index in [4.69, 9.17) is 9.47 Å². The average molecular weight is 848 g/mol. The van der Waals surface area contributed by atoms with Gasteiger partial charge in [-0.1, -0.05) is 119 Å². The van der Waals surface area contributed by atoms with Crippen LogP contribution in [0.4, 0.5) is 0 Å². The van der Waals surface area contributed by atoms with Crippen LogP contribution in [-0.2, 0) is 40.7 Å². The molecule has 4 aromatic rings. The second-order valence-electron chi connectivity index (χ2n) is 11.2. The minimum atomic E-state index is -3.44. The molecule has 12 heteroatoms. The fourth-order valence-corrected chi connectivity index (χ4v) is 8.25. The molecule has 268 valence electrons. The van der Waals surface area contributed by atoms with Crippen LogP contribution in [0.2, 0.25) is 0 Å². The molecule has 0 N–H and O–H groups in total. The fraction of sp³-hybridized carbons (Fsp3) is 0.368. The maximum Gasteiger partial charge on any atom is 1.00 e. The first-order chi connectivity index (χ1) is 23.5. The first-order valence-electron chi connectivity index (χ1n) is 16.4. The number of hydrogen-bond donors (Lipinski definition) is 0. The number of benzene rings is 4. The molecule has 0 aliphatic carbocycles. The van der Waals surface area contributed by atoms with Gasteiger partial charge in [-0.15, -0.1) is 0 Å². The molecule has 0 bridgehead atoms. The van der Waals surface area contributed by atoms with E-state index in [0.717, 1.165) is 71.9 Å². The number of halogens is 1. The third-order valence-electron chi connectivity index (χ3n) is 6.94. The summed E-state index contributed by atoms with van der Waals surface area (Å²) in [6.07, 6.45) is 7.63. The Morgan fingerprint density at radius 3 is 1.68 bits per heavy atom. The van der Waals surface area contributed by atoms with Gasteiger partial charge in [0.15, 0.2) is 0 Å². The van der Waals surface area contributed by atoms with Crippen molar-refractivity contribution in [2.45, 2.75) is 75.2 Å². The van der Waals surface area contributed by atoms with Gasteiger partial charge in [-0.2, -0.15) is 0 Å². The van der Waals surface area contributed by atoms with Crippen LogP contribution < -0.4 is 56.1 Å². The van der Waals surface area contributed by atoms with Crippen molar-refractivity contribution in [3.8, 4) is 5.75 Å². The van der Waals surface area contributed by atoms with E-state index in [1.54, 1.807) is 24.3 Å². The summed E-state index contributed by atoms with van der Waals surface area (Å²) in [6, 6.07) is 33.6. The van der Waals surface area contributed by atoms with E-state index in [2.05, 4.69) is 39.7 Å². The van der Waals surface area contributed by atoms with Crippen molar-refractivity contribution >= 4 is 56.1 Å². The van der Waals surface area contributed by atoms with Gasteiger partial charge in [-0.25, -0.2) is 16.8 Å². The van der Waals surface area contributed by atoms with Crippen molar-refractivity contribution < 1.29 is 77.7 Å². The van der Waals surface area contributed by atoms with Gasteiger partial charge in [0.25, 0.3) is 0 Å². The molecule has 0 spiro atoms. The van der Waals surface area contributed by atoms with Gasteiger partial charge >= 0.3 is 51.4 Å². The van der Waals surface area contributed by atoms with Crippen molar-refractivity contribution in [2.24, 2.45) is 0 Å². The Kier molecular flexibility index (Phi) is 26.4. The van der Waals surface area contributed by atoms with Crippen LogP contribution in [0.15, 0.2) is 119 Å². The Labute approximate surface area is 360 Å². The summed E-state index contributed by atoms with van der Waals surface area (Å²) >= 11 is 7.68. The molecule has 0 saturated heterocycles. The van der Waals surface area contributed by atoms with Crippen LogP contribution in [0, 0.1) is 13.8 Å². The van der Waals surface area contributed by atoms with E-state index in [0.29, 0.717) is 17.3 Å². The van der Waals surface area contributed by atoms with E-state index < -0.39 is 17.7 Å². The summed E-state index contributed by atoms with van der Waals surface area (Å²) in [7, 11) is -5.62. The first kappa shape index (κ1) is 47.4. The minimum absolute atomic E-state index is 0. The molecule has 50 heavy (non-hydrogen) atoms. The minimum Gasteiger partial charge on any atom is -0.644 e. The maximum absolute atomic E-state index is 12.2. The monoisotopic (exact) mass is 846 g/mol. The standard InChI is InChI=1S/C19H24O3S2.C12H17BrO.C7H8O2S2.K/c1-17-11-13-19(14-12-17)24(20,21)23-16-8-3-2-7-15-22-18-9-5-4-6-10-18;13-9-5-2-6-10-14-11-12-7-3-1-4-8-12;1-6-2-4-7(5-3-6)11(8,9)10;/h4-6,9-14H,2-3,7-8,15-16H2,1H3;1,3-4,7-8H,2,5-6,9-11H2;2-5H,1H3,(H,8,9,10);/q;;;+1/p-1. The molecule has 0 aliphatic heterocycles. The maximum atomic E-state index is 12.2. The summed E-state index contributed by atoms with van der Waals surface area (Å²) in [6.45, 7) is 6.17. The van der Waals surface area contributed by atoms with Crippen LogP contribution in [-0.4, -0.2) is 41.1 Å². The molecule has 0 unspecified atom stereocenters. The van der Waals surface area contributed by atoms with Gasteiger partial charge < -0.3 is 21.1 Å².